The zero-order valence-corrected chi connectivity index (χ0v) is 9.37. The van der Waals surface area contributed by atoms with Crippen molar-refractivity contribution in [2.45, 2.75) is 13.8 Å². The average molecular weight is 212 g/mol. The van der Waals surface area contributed by atoms with Gasteiger partial charge >= 0.3 is 0 Å². The van der Waals surface area contributed by atoms with Crippen molar-refractivity contribution in [3.8, 4) is 0 Å². The van der Waals surface area contributed by atoms with Crippen LogP contribution in [0.25, 0.3) is 0 Å². The zero-order chi connectivity index (χ0) is 9.68. The largest absolute Gasteiger partial charge is 0.211 e. The van der Waals surface area contributed by atoms with Gasteiger partial charge in [0.2, 0.25) is 0 Å². The maximum absolute atomic E-state index is 10.8. The summed E-state index contributed by atoms with van der Waals surface area (Å²) in [7, 11) is 0. The first-order valence-corrected chi connectivity index (χ1v) is 5.87. The number of aryl methyl sites for hydroxylation is 1. The molecule has 0 aliphatic rings. The third-order valence-electron chi connectivity index (χ3n) is 1.64. The molecular weight excluding hydrogens is 200 g/mol. The summed E-state index contributed by atoms with van der Waals surface area (Å²) in [5.74, 6) is 0.943. The van der Waals surface area contributed by atoms with Crippen LogP contribution in [0.1, 0.15) is 18.1 Å². The van der Waals surface area contributed by atoms with Crippen molar-refractivity contribution in [3.05, 3.63) is 35.4 Å². The van der Waals surface area contributed by atoms with Crippen molar-refractivity contribution in [1.29, 1.82) is 0 Å². The molecule has 0 amide bonds. The Morgan fingerprint density at radius 1 is 1.31 bits per heavy atom. The van der Waals surface area contributed by atoms with E-state index < -0.39 is 0 Å². The van der Waals surface area contributed by atoms with Gasteiger partial charge in [-0.3, -0.25) is 0 Å². The van der Waals surface area contributed by atoms with Crippen molar-refractivity contribution in [2.24, 2.45) is 0 Å². The van der Waals surface area contributed by atoms with Crippen LogP contribution in [0.2, 0.25) is 0 Å². The topological polar surface area (TPSA) is 17.1 Å². The Morgan fingerprint density at radius 2 is 1.92 bits per heavy atom. The van der Waals surface area contributed by atoms with Crippen LogP contribution in [0.5, 0.6) is 0 Å². The quantitative estimate of drug-likeness (QED) is 0.700. The molecule has 0 atom stereocenters. The maximum Gasteiger partial charge on any atom is 0.108 e. The summed E-state index contributed by atoms with van der Waals surface area (Å²) in [5.41, 5.74) is 2.26. The van der Waals surface area contributed by atoms with Crippen molar-refractivity contribution < 1.29 is 4.21 Å². The minimum atomic E-state index is 0.583. The summed E-state index contributed by atoms with van der Waals surface area (Å²) < 4.78 is 11.6. The highest BCUT2D eigenvalue weighted by molar-refractivity contribution is 8.21. The zero-order valence-electron chi connectivity index (χ0n) is 7.74. The Labute approximate surface area is 86.6 Å². The fraction of sp³-hybridized carbons (Fsp3) is 0.300. The summed E-state index contributed by atoms with van der Waals surface area (Å²) >= 11 is 2.19. The molecule has 0 aromatic heterocycles. The molecule has 0 aliphatic heterocycles. The van der Waals surface area contributed by atoms with Gasteiger partial charge in [0.15, 0.2) is 0 Å². The summed E-state index contributed by atoms with van der Waals surface area (Å²) in [4.78, 5) is 0. The van der Waals surface area contributed by atoms with E-state index in [1.165, 1.54) is 5.56 Å². The molecule has 1 aromatic rings. The molecule has 3 heteroatoms. The van der Waals surface area contributed by atoms with Gasteiger partial charge in [-0.1, -0.05) is 36.8 Å². The van der Waals surface area contributed by atoms with Gasteiger partial charge in [0.25, 0.3) is 0 Å². The molecule has 0 unspecified atom stereocenters. The van der Waals surface area contributed by atoms with Crippen LogP contribution in [0.15, 0.2) is 24.3 Å². The molecule has 0 saturated carbocycles. The molecule has 0 bridgehead atoms. The van der Waals surface area contributed by atoms with E-state index >= 15 is 0 Å². The van der Waals surface area contributed by atoms with Gasteiger partial charge < -0.3 is 0 Å². The van der Waals surface area contributed by atoms with Gasteiger partial charge in [0, 0.05) is 5.56 Å². The van der Waals surface area contributed by atoms with Gasteiger partial charge in [0.05, 0.1) is 0 Å². The van der Waals surface area contributed by atoms with Crippen LogP contribution in [-0.4, -0.2) is 14.2 Å². The van der Waals surface area contributed by atoms with E-state index in [-0.39, 0.29) is 0 Å². The Balaban J connectivity index is 2.93. The van der Waals surface area contributed by atoms with Gasteiger partial charge in [-0.25, -0.2) is 4.21 Å². The van der Waals surface area contributed by atoms with Gasteiger partial charge in [-0.05, 0) is 12.7 Å². The first-order chi connectivity index (χ1) is 6.27. The fourth-order valence-corrected chi connectivity index (χ4v) is 2.32. The Hall–Kier alpha value is -0.540. The van der Waals surface area contributed by atoms with Gasteiger partial charge in [-0.15, -0.1) is 11.8 Å². The normalized spacial score (nSPS) is 9.69. The minimum Gasteiger partial charge on any atom is -0.211 e. The SMILES string of the molecule is CCSC(=S=O)c1ccc(C)cc1. The van der Waals surface area contributed by atoms with E-state index in [1.807, 2.05) is 31.2 Å². The molecule has 0 N–H and O–H groups in total. The first-order valence-electron chi connectivity index (χ1n) is 4.14. The average Bonchev–Trinajstić information content (AvgIpc) is 2.16. The predicted molar refractivity (Wildman–Crippen MR) is 61.6 cm³/mol. The lowest BCUT2D eigenvalue weighted by atomic mass is 10.2. The lowest BCUT2D eigenvalue weighted by molar-refractivity contribution is 0.701. The number of hydrogen-bond donors (Lipinski definition) is 0. The third-order valence-corrected chi connectivity index (χ3v) is 3.37. The molecule has 0 aliphatic carbocycles. The second-order valence-corrected chi connectivity index (χ2v) is 4.78. The Morgan fingerprint density at radius 3 is 2.38 bits per heavy atom. The van der Waals surface area contributed by atoms with Crippen LogP contribution in [-0.2, 0) is 11.3 Å². The van der Waals surface area contributed by atoms with E-state index in [9.17, 15) is 4.21 Å². The molecule has 0 radical (unpaired) electrons. The van der Waals surface area contributed by atoms with Crippen LogP contribution >= 0.6 is 11.8 Å². The molecule has 0 heterocycles. The molecule has 13 heavy (non-hydrogen) atoms. The third kappa shape index (κ3) is 3.01. The van der Waals surface area contributed by atoms with Crippen LogP contribution in [0.3, 0.4) is 0 Å². The van der Waals surface area contributed by atoms with Crippen LogP contribution in [0, 0.1) is 6.92 Å². The summed E-state index contributed by atoms with van der Waals surface area (Å²) in [5, 5.41) is 0. The molecule has 0 saturated heterocycles. The molecule has 0 fully saturated rings. The minimum absolute atomic E-state index is 0.583. The monoisotopic (exact) mass is 212 g/mol. The highest BCUT2D eigenvalue weighted by Gasteiger charge is 2.01. The van der Waals surface area contributed by atoms with E-state index in [0.717, 1.165) is 15.5 Å². The number of benzene rings is 1. The van der Waals surface area contributed by atoms with Crippen molar-refractivity contribution >= 4 is 27.2 Å². The van der Waals surface area contributed by atoms with E-state index in [0.29, 0.717) is 11.3 Å². The van der Waals surface area contributed by atoms with Crippen molar-refractivity contribution in [1.82, 2.24) is 0 Å². The predicted octanol–water partition coefficient (Wildman–Crippen LogP) is 2.44. The molecule has 1 aromatic carbocycles. The van der Waals surface area contributed by atoms with Crippen LogP contribution < -0.4 is 0 Å². The summed E-state index contributed by atoms with van der Waals surface area (Å²) in [6.45, 7) is 4.09. The lowest BCUT2D eigenvalue weighted by Crippen LogP contribution is -1.95. The number of hydrogen-bond acceptors (Lipinski definition) is 2. The summed E-state index contributed by atoms with van der Waals surface area (Å²) in [6, 6.07) is 8.06. The molecule has 1 nitrogen and oxygen atoms in total. The Bertz CT molecular complexity index is 323. The molecule has 0 spiro atoms. The van der Waals surface area contributed by atoms with E-state index in [2.05, 4.69) is 6.92 Å². The summed E-state index contributed by atoms with van der Waals surface area (Å²) in [6.07, 6.45) is 0. The molecule has 1 rings (SSSR count). The van der Waals surface area contributed by atoms with Crippen molar-refractivity contribution in [2.75, 3.05) is 5.75 Å². The second-order valence-electron chi connectivity index (χ2n) is 2.67. The van der Waals surface area contributed by atoms with E-state index in [4.69, 9.17) is 0 Å². The Kier molecular flexibility index (Phi) is 4.25. The van der Waals surface area contributed by atoms with E-state index in [1.54, 1.807) is 11.8 Å². The lowest BCUT2D eigenvalue weighted by Gasteiger charge is -2.00. The molecular formula is C10H12OS2. The molecule has 70 valence electrons. The number of rotatable bonds is 2. The van der Waals surface area contributed by atoms with Gasteiger partial charge in [0.1, 0.15) is 15.5 Å². The highest BCUT2D eigenvalue weighted by Crippen LogP contribution is 2.12. The highest BCUT2D eigenvalue weighted by atomic mass is 32.2. The van der Waals surface area contributed by atoms with Gasteiger partial charge in [-0.2, -0.15) is 0 Å². The van der Waals surface area contributed by atoms with Crippen LogP contribution in [0.4, 0.5) is 0 Å². The van der Waals surface area contributed by atoms with Crippen molar-refractivity contribution in [3.63, 3.8) is 0 Å². The number of thioether (sulfide) groups is 1. The fourth-order valence-electron chi connectivity index (χ4n) is 0.976. The first kappa shape index (κ1) is 10.5. The smallest absolute Gasteiger partial charge is 0.108 e. The maximum atomic E-state index is 10.8. The standard InChI is InChI=1S/C10H12OS2/c1-3-12-10(13-11)9-6-4-8(2)5-7-9/h4-7H,3H2,1-2H3. The second kappa shape index (κ2) is 5.25.